The highest BCUT2D eigenvalue weighted by atomic mass is 31.1. The quantitative estimate of drug-likeness (QED) is 0.196. The van der Waals surface area contributed by atoms with E-state index in [1.165, 1.54) is 11.4 Å². The third-order valence-corrected chi connectivity index (χ3v) is 8.58. The van der Waals surface area contributed by atoms with Crippen molar-refractivity contribution in [3.8, 4) is 17.0 Å². The number of aromatic nitrogens is 2. The zero-order valence-electron chi connectivity index (χ0n) is 24.9. The van der Waals surface area contributed by atoms with Crippen molar-refractivity contribution < 1.29 is 27.8 Å². The molecule has 1 aliphatic rings. The van der Waals surface area contributed by atoms with Crippen molar-refractivity contribution in [3.63, 3.8) is 0 Å². The average Bonchev–Trinajstić information content (AvgIpc) is 3.37. The van der Waals surface area contributed by atoms with E-state index in [1.807, 2.05) is 36.4 Å². The smallest absolute Gasteiger partial charge is 0.481 e. The predicted octanol–water partition coefficient (Wildman–Crippen LogP) is 6.86. The summed E-state index contributed by atoms with van der Waals surface area (Å²) in [5.41, 5.74) is 3.96. The second-order valence-corrected chi connectivity index (χ2v) is 13.0. The molecule has 3 N–H and O–H groups in total. The molecule has 1 fully saturated rings. The van der Waals surface area contributed by atoms with Gasteiger partial charge < -0.3 is 29.9 Å². The Morgan fingerprint density at radius 2 is 1.77 bits per heavy atom. The van der Waals surface area contributed by atoms with Gasteiger partial charge >= 0.3 is 6.36 Å². The number of aromatic amines is 1. The maximum atomic E-state index is 13.5. The first-order chi connectivity index (χ1) is 20.3. The highest BCUT2D eigenvalue weighted by Crippen LogP contribution is 2.39. The third-order valence-electron chi connectivity index (χ3n) is 7.23. The lowest BCUT2D eigenvalue weighted by molar-refractivity contribution is -0.274. The molecule has 2 aromatic carbocycles. The predicted molar refractivity (Wildman–Crippen MR) is 169 cm³/mol. The number of pyridine rings is 1. The number of ether oxygens (including phenoxy) is 1. The van der Waals surface area contributed by atoms with Gasteiger partial charge in [-0.2, -0.15) is 0 Å². The molecule has 0 saturated carbocycles. The van der Waals surface area contributed by atoms with Crippen LogP contribution < -0.4 is 20.3 Å². The van der Waals surface area contributed by atoms with Gasteiger partial charge in [0.2, 0.25) is 0 Å². The van der Waals surface area contributed by atoms with Gasteiger partial charge in [0.1, 0.15) is 11.4 Å². The number of halogens is 3. The minimum Gasteiger partial charge on any atom is -0.481 e. The van der Waals surface area contributed by atoms with Crippen LogP contribution in [0.5, 0.6) is 5.75 Å². The van der Waals surface area contributed by atoms with Crippen LogP contribution in [-0.4, -0.2) is 78.9 Å². The van der Waals surface area contributed by atoms with Gasteiger partial charge in [0.05, 0.1) is 11.4 Å². The summed E-state index contributed by atoms with van der Waals surface area (Å²) in [4.78, 5) is 21.0. The fourth-order valence-electron chi connectivity index (χ4n) is 5.18. The summed E-state index contributed by atoms with van der Waals surface area (Å²) in [6, 6.07) is 17.4. The second-order valence-electron chi connectivity index (χ2n) is 10.8. The Morgan fingerprint density at radius 3 is 2.40 bits per heavy atom. The van der Waals surface area contributed by atoms with Gasteiger partial charge in [0.15, 0.2) is 0 Å². The minimum absolute atomic E-state index is 0.233. The van der Waals surface area contributed by atoms with E-state index in [1.54, 1.807) is 12.3 Å². The van der Waals surface area contributed by atoms with Crippen molar-refractivity contribution in [2.45, 2.75) is 32.2 Å². The number of hydrogen-bond acceptors (Lipinski definition) is 6. The summed E-state index contributed by atoms with van der Waals surface area (Å²) in [6.45, 7) is 7.03. The number of aliphatic carboxylic acids is 1. The number of para-hydroxylation sites is 1. The van der Waals surface area contributed by atoms with Crippen LogP contribution in [0.1, 0.15) is 19.8 Å². The summed E-state index contributed by atoms with van der Waals surface area (Å²) in [5, 5.41) is 12.9. The third kappa shape index (κ3) is 8.39. The molecule has 3 heterocycles. The van der Waals surface area contributed by atoms with Crippen LogP contribution in [-0.2, 0) is 4.79 Å². The molecule has 8 nitrogen and oxygen atoms in total. The average molecular weight is 616 g/mol. The maximum absolute atomic E-state index is 13.5. The van der Waals surface area contributed by atoms with Crippen LogP contribution in [0.3, 0.4) is 0 Å². The Morgan fingerprint density at radius 1 is 1.09 bits per heavy atom. The van der Waals surface area contributed by atoms with Crippen LogP contribution in [0.25, 0.3) is 22.3 Å². The zero-order chi connectivity index (χ0) is 31.3. The molecule has 230 valence electrons. The van der Waals surface area contributed by atoms with E-state index in [2.05, 4.69) is 63.3 Å². The normalized spacial score (nSPS) is 14.1. The van der Waals surface area contributed by atoms with Crippen molar-refractivity contribution >= 4 is 47.3 Å². The summed E-state index contributed by atoms with van der Waals surface area (Å²) >= 11 is 0. The number of hydrogen-bond donors (Lipinski definition) is 3. The molecular weight excluding hydrogens is 578 g/mol. The Labute approximate surface area is 250 Å². The largest absolute Gasteiger partial charge is 0.573 e. The lowest BCUT2D eigenvalue weighted by Gasteiger charge is -2.36. The van der Waals surface area contributed by atoms with Gasteiger partial charge in [-0.25, -0.2) is 4.98 Å². The topological polar surface area (TPSA) is 93.7 Å². The Kier molecular flexibility index (Phi) is 10.2. The van der Waals surface area contributed by atoms with Crippen molar-refractivity contribution in [2.75, 3.05) is 50.7 Å². The zero-order valence-corrected chi connectivity index (χ0v) is 25.8. The van der Waals surface area contributed by atoms with Crippen molar-refractivity contribution in [1.82, 2.24) is 14.9 Å². The molecule has 0 atom stereocenters. The Balaban J connectivity index is 0.000000996. The fourth-order valence-corrected chi connectivity index (χ4v) is 6.17. The minimum atomic E-state index is -4.81. The Hall–Kier alpha value is -3.82. The molecule has 0 radical (unpaired) electrons. The van der Waals surface area contributed by atoms with Crippen molar-refractivity contribution in [3.05, 3.63) is 60.8 Å². The molecule has 12 heteroatoms. The van der Waals surface area contributed by atoms with Crippen LogP contribution in [0.2, 0.25) is 0 Å². The van der Waals surface area contributed by atoms with Crippen molar-refractivity contribution in [1.29, 1.82) is 0 Å². The molecule has 1 aliphatic heterocycles. The molecule has 0 unspecified atom stereocenters. The van der Waals surface area contributed by atoms with Crippen LogP contribution in [0, 0.1) is 0 Å². The molecule has 5 rings (SSSR count). The van der Waals surface area contributed by atoms with Gasteiger partial charge in [0, 0.05) is 60.6 Å². The molecular formula is C31H37F3N5O3P. The number of carbonyl (C=O) groups is 1. The number of H-pyrrole nitrogens is 1. The first-order valence-electron chi connectivity index (χ1n) is 13.8. The summed E-state index contributed by atoms with van der Waals surface area (Å²) in [5.74, 6) is -1.07. The molecule has 0 spiro atoms. The number of benzene rings is 2. The SMILES string of the molecule is CC(=O)O.CN(C)C1CCN(c2ccc(-c3cc4c(Nc5ccccc5P(C)C)ccnc4[nH]3)c(OC(F)(F)F)c2)CC1. The number of carboxylic acid groups (broad SMARTS) is 1. The van der Waals surface area contributed by atoms with Gasteiger partial charge in [-0.15, -0.1) is 13.2 Å². The fraction of sp³-hybridized carbons (Fsp3) is 0.355. The number of fused-ring (bicyclic) bond motifs is 1. The summed E-state index contributed by atoms with van der Waals surface area (Å²) < 4.78 is 45.0. The molecule has 0 amide bonds. The van der Waals surface area contributed by atoms with E-state index in [0.717, 1.165) is 55.3 Å². The molecule has 43 heavy (non-hydrogen) atoms. The highest BCUT2D eigenvalue weighted by Gasteiger charge is 2.33. The van der Waals surface area contributed by atoms with Gasteiger partial charge in [-0.1, -0.05) is 26.1 Å². The number of carboxylic acids is 1. The van der Waals surface area contributed by atoms with Crippen LogP contribution >= 0.6 is 7.92 Å². The van der Waals surface area contributed by atoms with E-state index in [4.69, 9.17) is 9.90 Å². The van der Waals surface area contributed by atoms with Gasteiger partial charge in [-0.3, -0.25) is 4.79 Å². The van der Waals surface area contributed by atoms with E-state index in [9.17, 15) is 13.2 Å². The van der Waals surface area contributed by atoms with Crippen LogP contribution in [0.15, 0.2) is 60.8 Å². The first kappa shape index (κ1) is 32.1. The Bertz CT molecular complexity index is 1550. The van der Waals surface area contributed by atoms with E-state index in [-0.39, 0.29) is 13.7 Å². The second kappa shape index (κ2) is 13.7. The van der Waals surface area contributed by atoms with E-state index in [0.29, 0.717) is 22.9 Å². The van der Waals surface area contributed by atoms with Crippen LogP contribution in [0.4, 0.5) is 30.2 Å². The molecule has 0 aliphatic carbocycles. The summed E-state index contributed by atoms with van der Waals surface area (Å²) in [7, 11) is 3.79. The summed E-state index contributed by atoms with van der Waals surface area (Å²) in [6.07, 6.45) is -1.23. The highest BCUT2D eigenvalue weighted by molar-refractivity contribution is 7.64. The number of piperidine rings is 1. The number of nitrogens with zero attached hydrogens (tertiary/aromatic N) is 3. The van der Waals surface area contributed by atoms with Gasteiger partial charge in [0.25, 0.3) is 5.97 Å². The number of nitrogens with one attached hydrogen (secondary N) is 2. The number of anilines is 3. The van der Waals surface area contributed by atoms with Gasteiger partial charge in [-0.05, 0) is 75.9 Å². The number of rotatable bonds is 7. The molecule has 2 aromatic heterocycles. The molecule has 4 aromatic rings. The molecule has 0 bridgehead atoms. The first-order valence-corrected chi connectivity index (χ1v) is 16.1. The van der Waals surface area contributed by atoms with E-state index < -0.39 is 12.3 Å². The maximum Gasteiger partial charge on any atom is 0.573 e. The van der Waals surface area contributed by atoms with Crippen molar-refractivity contribution in [2.24, 2.45) is 0 Å². The lowest BCUT2D eigenvalue weighted by atomic mass is 10.0. The molecule has 1 saturated heterocycles. The standard InChI is InChI=1S/C29H33F3N5OP.C2H4O2/c1-36(2)19-12-15-37(16-13-19)20-9-10-21(26(17-20)38-29(30,31)32)25-18-22-23(11-14-33-28(22)35-25)34-24-7-5-6-8-27(24)39(3)4;1-2(3)4/h5-11,14,17-19H,12-13,15-16H2,1-4H3,(H2,33,34,35);1H3,(H,3,4). The number of alkyl halides is 3. The monoisotopic (exact) mass is 615 g/mol. The lowest BCUT2D eigenvalue weighted by Crippen LogP contribution is -2.42. The van der Waals surface area contributed by atoms with E-state index >= 15 is 0 Å².